The van der Waals surface area contributed by atoms with Gasteiger partial charge in [0.1, 0.15) is 18.3 Å². The van der Waals surface area contributed by atoms with Crippen LogP contribution in [0.3, 0.4) is 0 Å². The maximum atomic E-state index is 12.5. The van der Waals surface area contributed by atoms with Gasteiger partial charge in [-0.1, -0.05) is 17.7 Å². The van der Waals surface area contributed by atoms with Crippen LogP contribution in [0.25, 0.3) is 0 Å². The Balaban J connectivity index is 1.50. The Morgan fingerprint density at radius 3 is 2.57 bits per heavy atom. The molecule has 0 saturated carbocycles. The molecule has 2 N–H and O–H groups in total. The summed E-state index contributed by atoms with van der Waals surface area (Å²) < 4.78 is 19.5. The number of aromatic amines is 1. The first-order valence-corrected chi connectivity index (χ1v) is 9.87. The summed E-state index contributed by atoms with van der Waals surface area (Å²) in [4.78, 5) is 38.4. The molecule has 30 heavy (non-hydrogen) atoms. The van der Waals surface area contributed by atoms with Gasteiger partial charge in [-0.2, -0.15) is 0 Å². The number of carbonyl (C=O) groups excluding carboxylic acids is 1. The molecular formula is C21H25N3O6. The minimum Gasteiger partial charge on any atom is -0.371 e. The number of aryl methyl sites for hydroxylation is 1. The van der Waals surface area contributed by atoms with Gasteiger partial charge in [-0.05, 0) is 32.9 Å². The minimum atomic E-state index is -0.869. The fourth-order valence-electron chi connectivity index (χ4n) is 3.92. The van der Waals surface area contributed by atoms with Crippen molar-refractivity contribution in [1.82, 2.24) is 14.9 Å². The van der Waals surface area contributed by atoms with Crippen molar-refractivity contribution in [3.05, 3.63) is 68.5 Å². The Morgan fingerprint density at radius 1 is 1.17 bits per heavy atom. The van der Waals surface area contributed by atoms with E-state index in [1.165, 1.54) is 16.8 Å². The molecule has 9 heteroatoms. The number of hydrogen-bond donors (Lipinski definition) is 2. The molecule has 3 heterocycles. The number of nitrogens with zero attached hydrogens (tertiary/aromatic N) is 1. The van der Waals surface area contributed by atoms with Gasteiger partial charge in [0.05, 0.1) is 12.6 Å². The summed E-state index contributed by atoms with van der Waals surface area (Å²) in [6.07, 6.45) is 0.0240. The highest BCUT2D eigenvalue weighted by Gasteiger charge is 2.52. The Hall–Kier alpha value is -2.75. The Morgan fingerprint density at radius 2 is 1.87 bits per heavy atom. The lowest BCUT2D eigenvalue weighted by Gasteiger charge is -2.37. The number of rotatable bonds is 4. The van der Waals surface area contributed by atoms with Crippen LogP contribution in [0.2, 0.25) is 0 Å². The lowest BCUT2D eigenvalue weighted by Crippen LogP contribution is -2.54. The number of fused-ring (bicyclic) bond motifs is 1. The molecule has 0 spiro atoms. The molecule has 0 bridgehead atoms. The van der Waals surface area contributed by atoms with Gasteiger partial charge in [-0.15, -0.1) is 0 Å². The first-order chi connectivity index (χ1) is 14.2. The first kappa shape index (κ1) is 20.5. The Labute approximate surface area is 173 Å². The molecule has 0 unspecified atom stereocenters. The Kier molecular flexibility index (Phi) is 5.35. The van der Waals surface area contributed by atoms with E-state index < -0.39 is 41.4 Å². The highest BCUT2D eigenvalue weighted by Crippen LogP contribution is 2.39. The van der Waals surface area contributed by atoms with E-state index in [1.54, 1.807) is 26.0 Å². The first-order valence-electron chi connectivity index (χ1n) is 9.87. The maximum absolute atomic E-state index is 12.5. The molecule has 0 aliphatic carbocycles. The van der Waals surface area contributed by atoms with E-state index >= 15 is 0 Å². The van der Waals surface area contributed by atoms with Crippen molar-refractivity contribution >= 4 is 5.91 Å². The van der Waals surface area contributed by atoms with Crippen molar-refractivity contribution in [2.45, 2.75) is 50.9 Å². The average Bonchev–Trinajstić information content (AvgIpc) is 3.02. The van der Waals surface area contributed by atoms with Gasteiger partial charge in [-0.3, -0.25) is 19.1 Å². The van der Waals surface area contributed by atoms with Crippen LogP contribution in [0, 0.1) is 6.92 Å². The number of ether oxygens (including phenoxy) is 3. The number of hydrogen-bond acceptors (Lipinski definition) is 6. The molecule has 2 aliphatic rings. The SMILES string of the molecule is Cc1ccc(C(=O)NC[C@H]2OC[C@@H](n3ccc(=O)[nH]c3=O)[C@@H]3OC(C)(C)O[C@@H]32)cc1. The summed E-state index contributed by atoms with van der Waals surface area (Å²) >= 11 is 0. The molecule has 2 aromatic rings. The molecule has 4 atom stereocenters. The lowest BCUT2D eigenvalue weighted by atomic mass is 9.97. The third-order valence-corrected chi connectivity index (χ3v) is 5.38. The van der Waals surface area contributed by atoms with Gasteiger partial charge >= 0.3 is 5.69 Å². The largest absolute Gasteiger partial charge is 0.371 e. The van der Waals surface area contributed by atoms with Crippen LogP contribution in [-0.4, -0.2) is 52.7 Å². The van der Waals surface area contributed by atoms with E-state index in [2.05, 4.69) is 10.3 Å². The summed E-state index contributed by atoms with van der Waals surface area (Å²) in [6.45, 7) is 5.96. The van der Waals surface area contributed by atoms with Gasteiger partial charge in [0, 0.05) is 24.4 Å². The molecule has 9 nitrogen and oxygen atoms in total. The Bertz CT molecular complexity index is 1040. The smallest absolute Gasteiger partial charge is 0.328 e. The quantitative estimate of drug-likeness (QED) is 0.762. The molecule has 2 saturated heterocycles. The maximum Gasteiger partial charge on any atom is 0.328 e. The van der Waals surface area contributed by atoms with Gasteiger partial charge < -0.3 is 19.5 Å². The van der Waals surface area contributed by atoms with Crippen molar-refractivity contribution < 1.29 is 19.0 Å². The molecular weight excluding hydrogens is 390 g/mol. The fourth-order valence-corrected chi connectivity index (χ4v) is 3.92. The predicted octanol–water partition coefficient (Wildman–Crippen LogP) is 0.735. The van der Waals surface area contributed by atoms with Gasteiger partial charge in [0.2, 0.25) is 0 Å². The standard InChI is InChI=1S/C21H25N3O6/c1-12-4-6-13(7-5-12)19(26)22-10-15-18-17(29-21(2,3)30-18)14(11-28-15)24-9-8-16(25)23-20(24)27/h4-9,14-15,17-18H,10-11H2,1-3H3,(H,22,26)(H,23,25,27)/t14-,15-,17+,18-/m1/s1. The molecule has 0 radical (unpaired) electrons. The highest BCUT2D eigenvalue weighted by atomic mass is 16.8. The third kappa shape index (κ3) is 4.09. The molecule has 160 valence electrons. The number of carbonyl (C=O) groups is 1. The van der Waals surface area contributed by atoms with Gasteiger partial charge in [0.15, 0.2) is 5.79 Å². The van der Waals surface area contributed by atoms with Crippen LogP contribution in [0.4, 0.5) is 0 Å². The topological polar surface area (TPSA) is 112 Å². The van der Waals surface area contributed by atoms with Crippen LogP contribution in [0.15, 0.2) is 46.1 Å². The monoisotopic (exact) mass is 415 g/mol. The van der Waals surface area contributed by atoms with Crippen molar-refractivity contribution in [2.24, 2.45) is 0 Å². The van der Waals surface area contributed by atoms with E-state index in [9.17, 15) is 14.4 Å². The second-order valence-corrected chi connectivity index (χ2v) is 8.10. The number of H-pyrrole nitrogens is 1. The van der Waals surface area contributed by atoms with Crippen LogP contribution in [0.5, 0.6) is 0 Å². The van der Waals surface area contributed by atoms with E-state index in [0.29, 0.717) is 5.56 Å². The summed E-state index contributed by atoms with van der Waals surface area (Å²) in [6, 6.07) is 8.12. The zero-order valence-electron chi connectivity index (χ0n) is 17.1. The molecule has 1 aromatic heterocycles. The van der Waals surface area contributed by atoms with Crippen molar-refractivity contribution in [3.63, 3.8) is 0 Å². The molecule has 2 aliphatic heterocycles. The predicted molar refractivity (Wildman–Crippen MR) is 107 cm³/mol. The normalized spacial score (nSPS) is 27.4. The number of amides is 1. The summed E-state index contributed by atoms with van der Waals surface area (Å²) in [5.74, 6) is -1.07. The zero-order valence-corrected chi connectivity index (χ0v) is 17.1. The van der Waals surface area contributed by atoms with Crippen molar-refractivity contribution in [1.29, 1.82) is 0 Å². The average molecular weight is 415 g/mol. The van der Waals surface area contributed by atoms with Gasteiger partial charge in [-0.25, -0.2) is 4.79 Å². The number of nitrogens with one attached hydrogen (secondary N) is 2. The second-order valence-electron chi connectivity index (χ2n) is 8.10. The van der Waals surface area contributed by atoms with Crippen LogP contribution in [0.1, 0.15) is 35.8 Å². The minimum absolute atomic E-state index is 0.178. The highest BCUT2D eigenvalue weighted by molar-refractivity contribution is 5.94. The van der Waals surface area contributed by atoms with Crippen molar-refractivity contribution in [3.8, 4) is 0 Å². The van der Waals surface area contributed by atoms with E-state index in [4.69, 9.17) is 14.2 Å². The molecule has 1 amide bonds. The van der Waals surface area contributed by atoms with E-state index in [-0.39, 0.29) is 19.1 Å². The third-order valence-electron chi connectivity index (χ3n) is 5.38. The molecule has 4 rings (SSSR count). The van der Waals surface area contributed by atoms with Gasteiger partial charge in [0.25, 0.3) is 11.5 Å². The second kappa shape index (κ2) is 7.82. The van der Waals surface area contributed by atoms with Crippen LogP contribution < -0.4 is 16.6 Å². The van der Waals surface area contributed by atoms with E-state index in [1.807, 2.05) is 19.1 Å². The summed E-state index contributed by atoms with van der Waals surface area (Å²) in [5.41, 5.74) is 0.640. The van der Waals surface area contributed by atoms with Crippen molar-refractivity contribution in [2.75, 3.05) is 13.2 Å². The summed E-state index contributed by atoms with van der Waals surface area (Å²) in [7, 11) is 0. The number of aromatic nitrogens is 2. The van der Waals surface area contributed by atoms with Crippen LogP contribution in [-0.2, 0) is 14.2 Å². The number of benzene rings is 1. The fraction of sp³-hybridized carbons (Fsp3) is 0.476. The lowest BCUT2D eigenvalue weighted by molar-refractivity contribution is -0.153. The van der Waals surface area contributed by atoms with E-state index in [0.717, 1.165) is 5.56 Å². The molecule has 1 aromatic carbocycles. The summed E-state index contributed by atoms with van der Waals surface area (Å²) in [5, 5.41) is 2.89. The zero-order chi connectivity index (χ0) is 21.5. The van der Waals surface area contributed by atoms with Crippen LogP contribution >= 0.6 is 0 Å². The molecule has 2 fully saturated rings.